The summed E-state index contributed by atoms with van der Waals surface area (Å²) in [5, 5.41) is 4.79. The van der Waals surface area contributed by atoms with Gasteiger partial charge in [0.1, 0.15) is 11.2 Å². The summed E-state index contributed by atoms with van der Waals surface area (Å²) in [6.07, 6.45) is 0. The fraction of sp³-hybridized carbons (Fsp3) is 0. The fourth-order valence-electron chi connectivity index (χ4n) is 8.42. The molecule has 2 nitrogen and oxygen atoms in total. The molecule has 11 rings (SSSR count). The molecule has 9 aromatic carbocycles. The van der Waals surface area contributed by atoms with Crippen molar-refractivity contribution in [1.29, 1.82) is 0 Å². The van der Waals surface area contributed by atoms with Crippen LogP contribution >= 0.6 is 0 Å². The molecular formula is C54H35NO. The Balaban J connectivity index is 0.940. The summed E-state index contributed by atoms with van der Waals surface area (Å²) in [5.41, 5.74) is 17.2. The van der Waals surface area contributed by atoms with Crippen molar-refractivity contribution in [2.75, 3.05) is 0 Å². The van der Waals surface area contributed by atoms with E-state index in [1.54, 1.807) is 0 Å². The van der Waals surface area contributed by atoms with Crippen LogP contribution in [0.5, 0.6) is 0 Å². The molecule has 0 radical (unpaired) electrons. The fourth-order valence-corrected chi connectivity index (χ4v) is 8.42. The Kier molecular flexibility index (Phi) is 7.53. The minimum atomic E-state index is 0.918. The second kappa shape index (κ2) is 13.2. The molecule has 0 unspecified atom stereocenters. The van der Waals surface area contributed by atoms with Crippen molar-refractivity contribution in [3.05, 3.63) is 212 Å². The van der Waals surface area contributed by atoms with Crippen LogP contribution in [0.15, 0.2) is 217 Å². The first-order valence-corrected chi connectivity index (χ1v) is 19.2. The second-order valence-corrected chi connectivity index (χ2v) is 14.5. The number of furan rings is 1. The molecule has 56 heavy (non-hydrogen) atoms. The summed E-state index contributed by atoms with van der Waals surface area (Å²) in [6.45, 7) is 0. The molecule has 0 spiro atoms. The van der Waals surface area contributed by atoms with Crippen LogP contribution in [0.4, 0.5) is 0 Å². The van der Waals surface area contributed by atoms with Crippen LogP contribution in [0.3, 0.4) is 0 Å². The van der Waals surface area contributed by atoms with Gasteiger partial charge in [-0.3, -0.25) is 0 Å². The molecule has 2 heteroatoms. The van der Waals surface area contributed by atoms with Gasteiger partial charge in [-0.1, -0.05) is 164 Å². The highest BCUT2D eigenvalue weighted by Crippen LogP contribution is 2.39. The van der Waals surface area contributed by atoms with Crippen LogP contribution in [-0.4, -0.2) is 4.57 Å². The molecule has 2 heterocycles. The molecule has 11 aromatic rings. The minimum absolute atomic E-state index is 0.918. The number of para-hydroxylation sites is 2. The van der Waals surface area contributed by atoms with Crippen LogP contribution in [0.1, 0.15) is 0 Å². The van der Waals surface area contributed by atoms with Gasteiger partial charge in [0.2, 0.25) is 0 Å². The number of aromatic nitrogens is 1. The summed E-state index contributed by atoms with van der Waals surface area (Å²) < 4.78 is 8.74. The first kappa shape index (κ1) is 32.0. The van der Waals surface area contributed by atoms with Crippen LogP contribution < -0.4 is 0 Å². The summed E-state index contributed by atoms with van der Waals surface area (Å²) in [5.74, 6) is 0. The van der Waals surface area contributed by atoms with Gasteiger partial charge in [-0.25, -0.2) is 0 Å². The molecule has 0 aliphatic heterocycles. The Labute approximate surface area is 325 Å². The molecule has 0 aliphatic carbocycles. The van der Waals surface area contributed by atoms with E-state index >= 15 is 0 Å². The van der Waals surface area contributed by atoms with Gasteiger partial charge in [-0.2, -0.15) is 0 Å². The third kappa shape index (κ3) is 5.42. The van der Waals surface area contributed by atoms with Crippen LogP contribution in [0.25, 0.3) is 105 Å². The van der Waals surface area contributed by atoms with E-state index in [9.17, 15) is 0 Å². The lowest BCUT2D eigenvalue weighted by atomic mass is 9.96. The normalized spacial score (nSPS) is 11.6. The van der Waals surface area contributed by atoms with Crippen LogP contribution in [0, 0.1) is 0 Å². The van der Waals surface area contributed by atoms with Crippen molar-refractivity contribution in [2.24, 2.45) is 0 Å². The molecule has 0 atom stereocenters. The zero-order chi connectivity index (χ0) is 37.0. The summed E-state index contributed by atoms with van der Waals surface area (Å²) >= 11 is 0. The van der Waals surface area contributed by atoms with E-state index in [1.807, 2.05) is 12.1 Å². The highest BCUT2D eigenvalue weighted by atomic mass is 16.3. The van der Waals surface area contributed by atoms with Gasteiger partial charge in [-0.05, 0) is 98.6 Å². The van der Waals surface area contributed by atoms with Gasteiger partial charge in [0.05, 0.1) is 11.0 Å². The first-order valence-electron chi connectivity index (χ1n) is 19.2. The van der Waals surface area contributed by atoms with Gasteiger partial charge in [0.25, 0.3) is 0 Å². The van der Waals surface area contributed by atoms with Gasteiger partial charge in [0, 0.05) is 32.8 Å². The maximum atomic E-state index is 6.33. The molecule has 0 saturated carbocycles. The molecule has 262 valence electrons. The largest absolute Gasteiger partial charge is 0.455 e. The lowest BCUT2D eigenvalue weighted by Crippen LogP contribution is -1.94. The molecule has 0 aliphatic rings. The van der Waals surface area contributed by atoms with Gasteiger partial charge in [-0.15, -0.1) is 0 Å². The monoisotopic (exact) mass is 713 g/mol. The van der Waals surface area contributed by atoms with E-state index in [0.717, 1.165) is 38.8 Å². The van der Waals surface area contributed by atoms with Crippen LogP contribution in [0.2, 0.25) is 0 Å². The van der Waals surface area contributed by atoms with Crippen molar-refractivity contribution in [3.63, 3.8) is 0 Å². The van der Waals surface area contributed by atoms with E-state index in [-0.39, 0.29) is 0 Å². The minimum Gasteiger partial charge on any atom is -0.455 e. The quantitative estimate of drug-likeness (QED) is 0.168. The van der Waals surface area contributed by atoms with E-state index in [2.05, 4.69) is 205 Å². The van der Waals surface area contributed by atoms with Gasteiger partial charge < -0.3 is 8.98 Å². The maximum absolute atomic E-state index is 6.33. The van der Waals surface area contributed by atoms with Crippen molar-refractivity contribution in [1.82, 2.24) is 4.57 Å². The zero-order valence-electron chi connectivity index (χ0n) is 30.6. The second-order valence-electron chi connectivity index (χ2n) is 14.5. The standard InChI is InChI=1S/C54H35NO/c1-3-11-36(12-4-1)43-27-31-51-49(34-43)50-35-44(37-13-5-2-6-14-37)28-32-52(50)55(51)45-29-25-39(26-30-45)42-16-9-15-41(33-42)38-21-23-40(24-22-38)46-18-10-19-48-47-17-7-8-20-53(47)56-54(46)48/h1-35H. The Hall–Kier alpha value is -7.42. The van der Waals surface area contributed by atoms with Crippen molar-refractivity contribution < 1.29 is 4.42 Å². The van der Waals surface area contributed by atoms with Crippen molar-refractivity contribution in [2.45, 2.75) is 0 Å². The molecule has 0 fully saturated rings. The Morgan fingerprint density at radius 1 is 0.286 bits per heavy atom. The number of benzene rings is 9. The number of hydrogen-bond donors (Lipinski definition) is 0. The molecule has 0 bridgehead atoms. The number of rotatable bonds is 6. The smallest absolute Gasteiger partial charge is 0.143 e. The van der Waals surface area contributed by atoms with E-state index in [4.69, 9.17) is 4.42 Å². The maximum Gasteiger partial charge on any atom is 0.143 e. The average molecular weight is 714 g/mol. The highest BCUT2D eigenvalue weighted by molar-refractivity contribution is 6.12. The molecule has 0 saturated heterocycles. The molecule has 2 aromatic heterocycles. The summed E-state index contributed by atoms with van der Waals surface area (Å²) in [7, 11) is 0. The average Bonchev–Trinajstić information content (AvgIpc) is 3.82. The van der Waals surface area contributed by atoms with Crippen molar-refractivity contribution in [3.8, 4) is 61.3 Å². The number of fused-ring (bicyclic) bond motifs is 6. The highest BCUT2D eigenvalue weighted by Gasteiger charge is 2.16. The zero-order valence-corrected chi connectivity index (χ0v) is 30.6. The number of hydrogen-bond acceptors (Lipinski definition) is 1. The summed E-state index contributed by atoms with van der Waals surface area (Å²) in [6, 6.07) is 76.4. The van der Waals surface area contributed by atoms with Gasteiger partial charge >= 0.3 is 0 Å². The van der Waals surface area contributed by atoms with Crippen LogP contribution in [-0.2, 0) is 0 Å². The lowest BCUT2D eigenvalue weighted by molar-refractivity contribution is 0.670. The molecule has 0 N–H and O–H groups in total. The SMILES string of the molecule is c1ccc(-c2ccc3c(c2)c2cc(-c4ccccc4)ccc2n3-c2ccc(-c3cccc(-c4ccc(-c5cccc6c5oc5ccccc56)cc4)c3)cc2)cc1. The number of nitrogens with zero attached hydrogens (tertiary/aromatic N) is 1. The van der Waals surface area contributed by atoms with E-state index in [0.29, 0.717) is 0 Å². The van der Waals surface area contributed by atoms with Gasteiger partial charge in [0.15, 0.2) is 0 Å². The predicted octanol–water partition coefficient (Wildman–Crippen LogP) is 15.0. The lowest BCUT2D eigenvalue weighted by Gasteiger charge is -2.11. The third-order valence-corrected chi connectivity index (χ3v) is 11.2. The Morgan fingerprint density at radius 2 is 0.732 bits per heavy atom. The molecule has 0 amide bonds. The third-order valence-electron chi connectivity index (χ3n) is 11.2. The first-order chi connectivity index (χ1) is 27.7. The van der Waals surface area contributed by atoms with Crippen molar-refractivity contribution >= 4 is 43.7 Å². The van der Waals surface area contributed by atoms with E-state index < -0.39 is 0 Å². The van der Waals surface area contributed by atoms with E-state index in [1.165, 1.54) is 66.3 Å². The molecular weight excluding hydrogens is 679 g/mol. The Morgan fingerprint density at radius 3 is 1.36 bits per heavy atom. The summed E-state index contributed by atoms with van der Waals surface area (Å²) in [4.78, 5) is 0. The predicted molar refractivity (Wildman–Crippen MR) is 235 cm³/mol. The Bertz CT molecular complexity index is 3110. The topological polar surface area (TPSA) is 18.1 Å².